The van der Waals surface area contributed by atoms with Gasteiger partial charge in [-0.1, -0.05) is 11.6 Å². The van der Waals surface area contributed by atoms with Gasteiger partial charge in [0, 0.05) is 6.04 Å². The highest BCUT2D eigenvalue weighted by Gasteiger charge is 2.35. The highest BCUT2D eigenvalue weighted by molar-refractivity contribution is 6.29. The summed E-state index contributed by atoms with van der Waals surface area (Å²) in [5.41, 5.74) is 0.181. The quantitative estimate of drug-likeness (QED) is 0.762. The molecule has 0 aliphatic heterocycles. The van der Waals surface area contributed by atoms with Gasteiger partial charge in [0.2, 0.25) is 0 Å². The van der Waals surface area contributed by atoms with E-state index >= 15 is 0 Å². The minimum Gasteiger partial charge on any atom is -0.465 e. The molecule has 0 N–H and O–H groups in total. The molecule has 2 rings (SSSR count). The third-order valence-corrected chi connectivity index (χ3v) is 2.91. The van der Waals surface area contributed by atoms with E-state index in [0.717, 1.165) is 12.8 Å². The fraction of sp³-hybridized carbons (Fsp3) is 0.500. The predicted octanol–water partition coefficient (Wildman–Crippen LogP) is 1.30. The summed E-state index contributed by atoms with van der Waals surface area (Å²) in [6, 6.07) is 3.09. The first-order chi connectivity index (χ1) is 9.11. The third kappa shape index (κ3) is 3.64. The van der Waals surface area contributed by atoms with E-state index in [1.807, 2.05) is 0 Å². The zero-order valence-corrected chi connectivity index (χ0v) is 11.3. The van der Waals surface area contributed by atoms with Gasteiger partial charge < -0.3 is 9.64 Å². The van der Waals surface area contributed by atoms with E-state index in [-0.39, 0.29) is 29.3 Å². The van der Waals surface area contributed by atoms with Crippen LogP contribution in [0.3, 0.4) is 0 Å². The Morgan fingerprint density at radius 1 is 1.42 bits per heavy atom. The van der Waals surface area contributed by atoms with Crippen LogP contribution < -0.4 is 0 Å². The molecule has 0 radical (unpaired) electrons. The highest BCUT2D eigenvalue weighted by atomic mass is 35.5. The molecule has 1 aromatic rings. The Bertz CT molecular complexity index is 474. The largest absolute Gasteiger partial charge is 0.465 e. The van der Waals surface area contributed by atoms with Gasteiger partial charge in [-0.25, -0.2) is 0 Å². The van der Waals surface area contributed by atoms with Crippen molar-refractivity contribution in [1.82, 2.24) is 15.1 Å². The molecule has 1 aliphatic rings. The normalized spacial score (nSPS) is 14.0. The zero-order valence-electron chi connectivity index (χ0n) is 10.5. The van der Waals surface area contributed by atoms with Crippen molar-refractivity contribution in [2.24, 2.45) is 0 Å². The molecule has 0 aromatic carbocycles. The van der Waals surface area contributed by atoms with E-state index in [2.05, 4.69) is 10.2 Å². The van der Waals surface area contributed by atoms with Crippen LogP contribution in [0.25, 0.3) is 0 Å². The first-order valence-corrected chi connectivity index (χ1v) is 6.45. The van der Waals surface area contributed by atoms with Crippen LogP contribution in [0, 0.1) is 0 Å². The van der Waals surface area contributed by atoms with Crippen LogP contribution in [0.1, 0.15) is 30.3 Å². The van der Waals surface area contributed by atoms with E-state index in [9.17, 15) is 9.59 Å². The van der Waals surface area contributed by atoms with Crippen LogP contribution >= 0.6 is 11.6 Å². The van der Waals surface area contributed by atoms with Crippen molar-refractivity contribution in [2.45, 2.75) is 25.8 Å². The van der Waals surface area contributed by atoms with E-state index in [1.54, 1.807) is 6.92 Å². The molecular weight excluding hydrogens is 270 g/mol. The molecule has 6 nitrogen and oxygen atoms in total. The lowest BCUT2D eigenvalue weighted by molar-refractivity contribution is -0.144. The van der Waals surface area contributed by atoms with Crippen molar-refractivity contribution in [2.75, 3.05) is 13.2 Å². The number of hydrogen-bond acceptors (Lipinski definition) is 5. The molecule has 19 heavy (non-hydrogen) atoms. The SMILES string of the molecule is CCOC(=O)CN(C(=O)c1ccc(Cl)nn1)C1CC1. The number of carbonyl (C=O) groups excluding carboxylic acids is 2. The van der Waals surface area contributed by atoms with Gasteiger partial charge in [-0.2, -0.15) is 0 Å². The highest BCUT2D eigenvalue weighted by Crippen LogP contribution is 2.27. The summed E-state index contributed by atoms with van der Waals surface area (Å²) in [4.78, 5) is 25.2. The van der Waals surface area contributed by atoms with Crippen molar-refractivity contribution in [3.05, 3.63) is 23.0 Å². The lowest BCUT2D eigenvalue weighted by Crippen LogP contribution is -2.38. The first-order valence-electron chi connectivity index (χ1n) is 6.07. The van der Waals surface area contributed by atoms with Gasteiger partial charge in [0.05, 0.1) is 6.61 Å². The average molecular weight is 284 g/mol. The Balaban J connectivity index is 2.08. The van der Waals surface area contributed by atoms with Crippen molar-refractivity contribution in [3.63, 3.8) is 0 Å². The van der Waals surface area contributed by atoms with Crippen LogP contribution in [0.4, 0.5) is 0 Å². The van der Waals surface area contributed by atoms with E-state index in [1.165, 1.54) is 17.0 Å². The summed E-state index contributed by atoms with van der Waals surface area (Å²) in [6.07, 6.45) is 1.79. The Kier molecular flexibility index (Phi) is 4.31. The summed E-state index contributed by atoms with van der Waals surface area (Å²) < 4.78 is 4.87. The fourth-order valence-corrected chi connectivity index (χ4v) is 1.78. The monoisotopic (exact) mass is 283 g/mol. The van der Waals surface area contributed by atoms with Gasteiger partial charge >= 0.3 is 5.97 Å². The number of esters is 1. The average Bonchev–Trinajstić information content (AvgIpc) is 3.21. The van der Waals surface area contributed by atoms with Crippen LogP contribution in [0.2, 0.25) is 5.15 Å². The molecular formula is C12H14ClN3O3. The molecule has 1 aromatic heterocycles. The van der Waals surface area contributed by atoms with Gasteiger partial charge in [0.15, 0.2) is 10.8 Å². The minimum atomic E-state index is -0.412. The lowest BCUT2D eigenvalue weighted by Gasteiger charge is -2.20. The number of nitrogens with zero attached hydrogens (tertiary/aromatic N) is 3. The molecule has 1 heterocycles. The van der Waals surface area contributed by atoms with E-state index in [4.69, 9.17) is 16.3 Å². The molecule has 0 saturated heterocycles. The number of ether oxygens (including phenoxy) is 1. The van der Waals surface area contributed by atoms with Crippen molar-refractivity contribution in [3.8, 4) is 0 Å². The Morgan fingerprint density at radius 2 is 2.16 bits per heavy atom. The number of rotatable bonds is 5. The molecule has 0 unspecified atom stereocenters. The number of aromatic nitrogens is 2. The lowest BCUT2D eigenvalue weighted by atomic mass is 10.3. The van der Waals surface area contributed by atoms with Gasteiger partial charge in [0.25, 0.3) is 5.91 Å². The smallest absolute Gasteiger partial charge is 0.325 e. The minimum absolute atomic E-state index is 0.0539. The maximum Gasteiger partial charge on any atom is 0.325 e. The van der Waals surface area contributed by atoms with Gasteiger partial charge in [0.1, 0.15) is 6.54 Å². The van der Waals surface area contributed by atoms with Crippen LogP contribution in [0.5, 0.6) is 0 Å². The molecule has 1 aliphatic carbocycles. The molecule has 0 spiro atoms. The molecule has 7 heteroatoms. The predicted molar refractivity (Wildman–Crippen MR) is 67.7 cm³/mol. The Hall–Kier alpha value is -1.69. The summed E-state index contributed by atoms with van der Waals surface area (Å²) in [7, 11) is 0. The first kappa shape index (κ1) is 13.7. The van der Waals surface area contributed by atoms with Gasteiger partial charge in [-0.15, -0.1) is 10.2 Å². The van der Waals surface area contributed by atoms with E-state index in [0.29, 0.717) is 6.61 Å². The number of halogens is 1. The second-order valence-corrected chi connectivity index (χ2v) is 4.60. The maximum absolute atomic E-state index is 12.2. The second kappa shape index (κ2) is 5.97. The third-order valence-electron chi connectivity index (χ3n) is 2.70. The van der Waals surface area contributed by atoms with Crippen molar-refractivity contribution < 1.29 is 14.3 Å². The molecule has 1 fully saturated rings. The van der Waals surface area contributed by atoms with Crippen molar-refractivity contribution in [1.29, 1.82) is 0 Å². The molecule has 0 atom stereocenters. The van der Waals surface area contributed by atoms with Crippen LogP contribution in [-0.4, -0.2) is 46.2 Å². The Labute approximate surface area is 115 Å². The number of hydrogen-bond donors (Lipinski definition) is 0. The van der Waals surface area contributed by atoms with Crippen LogP contribution in [0.15, 0.2) is 12.1 Å². The molecule has 0 bridgehead atoms. The number of carbonyl (C=O) groups is 2. The molecule has 102 valence electrons. The second-order valence-electron chi connectivity index (χ2n) is 4.21. The zero-order chi connectivity index (χ0) is 13.8. The topological polar surface area (TPSA) is 72.4 Å². The summed E-state index contributed by atoms with van der Waals surface area (Å²) in [6.45, 7) is 1.97. The van der Waals surface area contributed by atoms with Crippen LogP contribution in [-0.2, 0) is 9.53 Å². The van der Waals surface area contributed by atoms with Gasteiger partial charge in [-0.05, 0) is 31.9 Å². The standard InChI is InChI=1S/C12H14ClN3O3/c1-2-19-11(17)7-16(8-3-4-8)12(18)9-5-6-10(13)15-14-9/h5-6,8H,2-4,7H2,1H3. The van der Waals surface area contributed by atoms with Crippen molar-refractivity contribution >= 4 is 23.5 Å². The summed E-state index contributed by atoms with van der Waals surface area (Å²) in [5, 5.41) is 7.59. The summed E-state index contributed by atoms with van der Waals surface area (Å²) in [5.74, 6) is -0.732. The summed E-state index contributed by atoms with van der Waals surface area (Å²) >= 11 is 5.62. The van der Waals surface area contributed by atoms with Gasteiger partial charge in [-0.3, -0.25) is 9.59 Å². The maximum atomic E-state index is 12.2. The molecule has 1 saturated carbocycles. The van der Waals surface area contributed by atoms with E-state index < -0.39 is 5.97 Å². The molecule has 1 amide bonds. The Morgan fingerprint density at radius 3 is 2.68 bits per heavy atom. The fourth-order valence-electron chi connectivity index (χ4n) is 1.68. The number of amides is 1.